The fourth-order valence-electron chi connectivity index (χ4n) is 3.97. The number of aliphatic hydroxyl groups excluding tert-OH is 5. The van der Waals surface area contributed by atoms with Gasteiger partial charge in [0, 0.05) is 20.6 Å². The van der Waals surface area contributed by atoms with E-state index in [9.17, 15) is 30.0 Å². The first-order valence-corrected chi connectivity index (χ1v) is 11.0. The van der Waals surface area contributed by atoms with Crippen molar-refractivity contribution in [1.29, 1.82) is 0 Å². The van der Waals surface area contributed by atoms with Gasteiger partial charge >= 0.3 is 0 Å². The molecule has 7 N–H and O–H groups in total. The zero-order valence-corrected chi connectivity index (χ0v) is 19.4. The molecule has 0 radical (unpaired) electrons. The zero-order valence-electron chi connectivity index (χ0n) is 19.4. The molecule has 0 saturated carbocycles. The van der Waals surface area contributed by atoms with Crippen LogP contribution in [0.15, 0.2) is 0 Å². The summed E-state index contributed by atoms with van der Waals surface area (Å²) in [5.41, 5.74) is 0. The minimum absolute atomic E-state index is 0.0816. The number of nitrogens with one attached hydrogen (secondary N) is 2. The number of methoxy groups -OCH3 is 1. The van der Waals surface area contributed by atoms with Gasteiger partial charge in [0.15, 0.2) is 12.4 Å². The van der Waals surface area contributed by atoms with Crippen LogP contribution in [0.1, 0.15) is 13.8 Å². The maximum Gasteiger partial charge on any atom is 0.252 e. The highest BCUT2D eigenvalue weighted by molar-refractivity contribution is 5.81. The van der Waals surface area contributed by atoms with Crippen LogP contribution in [0.4, 0.5) is 0 Å². The third kappa shape index (κ3) is 7.04. The van der Waals surface area contributed by atoms with Crippen LogP contribution >= 0.6 is 0 Å². The highest BCUT2D eigenvalue weighted by Crippen LogP contribution is 2.30. The van der Waals surface area contributed by atoms with E-state index in [0.29, 0.717) is 0 Å². The van der Waals surface area contributed by atoms with Crippen molar-refractivity contribution in [3.8, 4) is 0 Å². The largest absolute Gasteiger partial charge is 0.394 e. The fraction of sp³-hybridized carbons (Fsp3) is 0.900. The number of aliphatic hydroxyl groups is 5. The second-order valence-corrected chi connectivity index (χ2v) is 8.11. The molecule has 0 aliphatic carbocycles. The first-order valence-electron chi connectivity index (χ1n) is 11.0. The van der Waals surface area contributed by atoms with E-state index in [1.165, 1.54) is 14.0 Å². The quantitative estimate of drug-likeness (QED) is 0.135. The van der Waals surface area contributed by atoms with Crippen LogP contribution in [-0.4, -0.2) is 139 Å². The highest BCUT2D eigenvalue weighted by atomic mass is 16.7. The van der Waals surface area contributed by atoms with Gasteiger partial charge in [-0.1, -0.05) is 0 Å². The molecule has 10 atom stereocenters. The van der Waals surface area contributed by atoms with Crippen LogP contribution in [0.3, 0.4) is 0 Å². The minimum atomic E-state index is -1.67. The van der Waals surface area contributed by atoms with E-state index >= 15 is 0 Å². The summed E-state index contributed by atoms with van der Waals surface area (Å²) in [6, 6.07) is -0.889. The molecule has 34 heavy (non-hydrogen) atoms. The van der Waals surface area contributed by atoms with Crippen molar-refractivity contribution in [2.24, 2.45) is 0 Å². The highest BCUT2D eigenvalue weighted by Gasteiger charge is 2.52. The molecule has 0 aromatic rings. The van der Waals surface area contributed by atoms with Gasteiger partial charge in [-0.3, -0.25) is 9.59 Å². The van der Waals surface area contributed by atoms with Crippen molar-refractivity contribution in [3.63, 3.8) is 0 Å². The number of carbonyl (C=O) groups is 2. The molecule has 2 aliphatic heterocycles. The molecule has 0 bridgehead atoms. The van der Waals surface area contributed by atoms with E-state index in [1.54, 1.807) is 6.92 Å². The predicted octanol–water partition coefficient (Wildman–Crippen LogP) is -4.40. The average molecular weight is 497 g/mol. The molecule has 0 aromatic heterocycles. The van der Waals surface area contributed by atoms with Crippen LogP contribution < -0.4 is 10.6 Å². The van der Waals surface area contributed by atoms with E-state index in [-0.39, 0.29) is 26.4 Å². The molecule has 2 saturated heterocycles. The van der Waals surface area contributed by atoms with Crippen molar-refractivity contribution in [3.05, 3.63) is 0 Å². The van der Waals surface area contributed by atoms with Gasteiger partial charge in [-0.2, -0.15) is 0 Å². The molecule has 14 nitrogen and oxygen atoms in total. The van der Waals surface area contributed by atoms with Gasteiger partial charge in [-0.25, -0.2) is 0 Å². The normalized spacial score (nSPS) is 38.4. The molecule has 198 valence electrons. The van der Waals surface area contributed by atoms with Crippen LogP contribution in [0.5, 0.6) is 0 Å². The van der Waals surface area contributed by atoms with Crippen LogP contribution in [0.2, 0.25) is 0 Å². The summed E-state index contributed by atoms with van der Waals surface area (Å²) in [4.78, 5) is 24.4. The van der Waals surface area contributed by atoms with E-state index < -0.39 is 79.6 Å². The molecule has 2 heterocycles. The van der Waals surface area contributed by atoms with Crippen LogP contribution in [0.25, 0.3) is 0 Å². The Morgan fingerprint density at radius 1 is 1.00 bits per heavy atom. The molecule has 14 heteroatoms. The number of rotatable bonds is 11. The lowest BCUT2D eigenvalue weighted by atomic mass is 9.92. The van der Waals surface area contributed by atoms with Gasteiger partial charge in [-0.05, 0) is 6.92 Å². The summed E-state index contributed by atoms with van der Waals surface area (Å²) in [7, 11) is 1.23. The first kappa shape index (κ1) is 28.8. The second-order valence-electron chi connectivity index (χ2n) is 8.11. The maximum absolute atomic E-state index is 12.7. The van der Waals surface area contributed by atoms with Crippen molar-refractivity contribution < 1.29 is 58.8 Å². The van der Waals surface area contributed by atoms with Crippen molar-refractivity contribution in [2.75, 3.05) is 40.1 Å². The van der Waals surface area contributed by atoms with E-state index in [2.05, 4.69) is 10.6 Å². The summed E-state index contributed by atoms with van der Waals surface area (Å²) < 4.78 is 27.2. The number of carbonyl (C=O) groups excluding carboxylic acids is 2. The molecule has 0 spiro atoms. The molecular weight excluding hydrogens is 460 g/mol. The third-order valence-electron chi connectivity index (χ3n) is 5.66. The average Bonchev–Trinajstić information content (AvgIpc) is 2.80. The molecule has 0 aromatic carbocycles. The second kappa shape index (κ2) is 13.6. The van der Waals surface area contributed by atoms with Gasteiger partial charge in [0.05, 0.1) is 38.6 Å². The van der Waals surface area contributed by atoms with Gasteiger partial charge in [0.2, 0.25) is 5.91 Å². The summed E-state index contributed by atoms with van der Waals surface area (Å²) in [6.45, 7) is 2.47. The van der Waals surface area contributed by atoms with E-state index in [1.807, 2.05) is 0 Å². The standard InChI is InChI=1S/C20H36N2O12/c1-9-12(22-10(2)25)16(13(26)11(8-24)32-9)33-20-15(28)14(27)17(30-3)18(34-20)19(29)21-4-6-31-7-5-23/h9,11-18,20,23-24,26-28H,4-8H2,1-3H3,(H,21,29)(H,22,25)/t9-,11?,12?,13+,14+,15?,16+,17-,18?,20+/m0/s1. The molecule has 2 rings (SSSR count). The summed E-state index contributed by atoms with van der Waals surface area (Å²) >= 11 is 0. The van der Waals surface area contributed by atoms with E-state index in [0.717, 1.165) is 0 Å². The zero-order chi connectivity index (χ0) is 25.4. The van der Waals surface area contributed by atoms with Crippen LogP contribution in [0, 0.1) is 0 Å². The Kier molecular flexibility index (Phi) is 11.5. The number of amides is 2. The van der Waals surface area contributed by atoms with Crippen molar-refractivity contribution in [2.45, 2.75) is 75.0 Å². The number of hydrogen-bond acceptors (Lipinski definition) is 12. The van der Waals surface area contributed by atoms with Crippen LogP contribution in [-0.2, 0) is 33.3 Å². The number of ether oxygens (including phenoxy) is 5. The molecule has 2 aliphatic rings. The van der Waals surface area contributed by atoms with Crippen molar-refractivity contribution >= 4 is 11.8 Å². The van der Waals surface area contributed by atoms with Crippen molar-refractivity contribution in [1.82, 2.24) is 10.6 Å². The predicted molar refractivity (Wildman–Crippen MR) is 112 cm³/mol. The smallest absolute Gasteiger partial charge is 0.252 e. The molecule has 2 amide bonds. The maximum atomic E-state index is 12.7. The van der Waals surface area contributed by atoms with Gasteiger partial charge < -0.3 is 59.9 Å². The van der Waals surface area contributed by atoms with E-state index in [4.69, 9.17) is 28.8 Å². The number of hydrogen-bond donors (Lipinski definition) is 7. The van der Waals surface area contributed by atoms with Gasteiger partial charge in [0.25, 0.3) is 5.91 Å². The Hall–Kier alpha value is -1.46. The first-order chi connectivity index (χ1) is 16.2. The summed E-state index contributed by atoms with van der Waals surface area (Å²) in [5, 5.41) is 55.2. The Morgan fingerprint density at radius 2 is 1.71 bits per heavy atom. The molecule has 2 fully saturated rings. The molecular formula is C20H36N2O12. The Balaban J connectivity index is 2.17. The monoisotopic (exact) mass is 496 g/mol. The van der Waals surface area contributed by atoms with Gasteiger partial charge in [0.1, 0.15) is 36.6 Å². The Morgan fingerprint density at radius 3 is 2.29 bits per heavy atom. The lowest BCUT2D eigenvalue weighted by Crippen LogP contribution is -2.68. The Labute approximate surface area is 197 Å². The third-order valence-corrected chi connectivity index (χ3v) is 5.66. The minimum Gasteiger partial charge on any atom is -0.394 e. The summed E-state index contributed by atoms with van der Waals surface area (Å²) in [6.07, 6.45) is -11.9. The van der Waals surface area contributed by atoms with Gasteiger partial charge in [-0.15, -0.1) is 0 Å². The fourth-order valence-corrected chi connectivity index (χ4v) is 3.97. The Bertz CT molecular complexity index is 655. The summed E-state index contributed by atoms with van der Waals surface area (Å²) in [5.74, 6) is -1.11. The molecule has 4 unspecified atom stereocenters. The lowest BCUT2D eigenvalue weighted by molar-refractivity contribution is -0.325. The SMILES string of the molecule is CO[C@@H]1C(C(=O)NCCOCCO)O[C@@H](O[C@@H]2C(NC(C)=O)[C@H](C)OC(CO)[C@H]2O)C(O)[C@H]1O. The lowest BCUT2D eigenvalue weighted by Gasteiger charge is -2.47. The topological polar surface area (TPSA) is 206 Å².